The lowest BCUT2D eigenvalue weighted by Crippen LogP contribution is -2.28. The van der Waals surface area contributed by atoms with E-state index >= 15 is 0 Å². The molecule has 1 aromatic rings. The standard InChI is InChI=1S/C10H17N3OS/c1-8-9(7-14)15-10(11-8)13(4)6-5-12(2)3/h7H,5-6H2,1-4H3. The maximum atomic E-state index is 10.7. The molecule has 0 N–H and O–H groups in total. The highest BCUT2D eigenvalue weighted by Crippen LogP contribution is 2.23. The lowest BCUT2D eigenvalue weighted by molar-refractivity contribution is 0.112. The third-order valence-corrected chi connectivity index (χ3v) is 3.33. The second-order valence-electron chi connectivity index (χ2n) is 3.79. The van der Waals surface area contributed by atoms with Crippen LogP contribution in [0.1, 0.15) is 15.4 Å². The second kappa shape index (κ2) is 5.23. The van der Waals surface area contributed by atoms with E-state index in [2.05, 4.69) is 14.8 Å². The predicted octanol–water partition coefficient (Wildman–Crippen LogP) is 1.26. The van der Waals surface area contributed by atoms with Crippen molar-refractivity contribution in [3.8, 4) is 0 Å². The summed E-state index contributed by atoms with van der Waals surface area (Å²) in [4.78, 5) is 19.9. The number of aryl methyl sites for hydroxylation is 1. The Balaban J connectivity index is 2.65. The maximum Gasteiger partial charge on any atom is 0.185 e. The Hall–Kier alpha value is -0.940. The van der Waals surface area contributed by atoms with E-state index in [-0.39, 0.29) is 0 Å². The van der Waals surface area contributed by atoms with Crippen LogP contribution in [-0.4, -0.2) is 50.4 Å². The van der Waals surface area contributed by atoms with Crippen LogP contribution in [0.15, 0.2) is 0 Å². The zero-order chi connectivity index (χ0) is 11.4. The lowest BCUT2D eigenvalue weighted by atomic mass is 10.4. The van der Waals surface area contributed by atoms with E-state index < -0.39 is 0 Å². The van der Waals surface area contributed by atoms with E-state index in [0.717, 1.165) is 35.1 Å². The Bertz CT molecular complexity index is 335. The SMILES string of the molecule is Cc1nc(N(C)CCN(C)C)sc1C=O. The fraction of sp³-hybridized carbons (Fsp3) is 0.600. The molecular weight excluding hydrogens is 210 g/mol. The van der Waals surface area contributed by atoms with Gasteiger partial charge in [0.1, 0.15) is 0 Å². The fourth-order valence-corrected chi connectivity index (χ4v) is 1.98. The van der Waals surface area contributed by atoms with Crippen molar-refractivity contribution in [2.75, 3.05) is 39.1 Å². The average Bonchev–Trinajstić information content (AvgIpc) is 2.56. The quantitative estimate of drug-likeness (QED) is 0.710. The van der Waals surface area contributed by atoms with Gasteiger partial charge in [0.2, 0.25) is 0 Å². The minimum atomic E-state index is 0.724. The van der Waals surface area contributed by atoms with E-state index in [1.54, 1.807) is 0 Å². The first-order valence-corrected chi connectivity index (χ1v) is 5.64. The van der Waals surface area contributed by atoms with Gasteiger partial charge in [-0.25, -0.2) is 4.98 Å². The summed E-state index contributed by atoms with van der Waals surface area (Å²) < 4.78 is 0. The van der Waals surface area contributed by atoms with Gasteiger partial charge in [-0.3, -0.25) is 4.79 Å². The van der Waals surface area contributed by atoms with Crippen molar-refractivity contribution in [2.24, 2.45) is 0 Å². The summed E-state index contributed by atoms with van der Waals surface area (Å²) in [5.41, 5.74) is 0.821. The number of thiazole rings is 1. The number of aldehydes is 1. The Labute approximate surface area is 94.5 Å². The van der Waals surface area contributed by atoms with Gasteiger partial charge >= 0.3 is 0 Å². The number of aromatic nitrogens is 1. The molecule has 0 unspecified atom stereocenters. The van der Waals surface area contributed by atoms with Gasteiger partial charge in [-0.2, -0.15) is 0 Å². The first-order chi connectivity index (χ1) is 7.04. The molecule has 0 aliphatic heterocycles. The van der Waals surface area contributed by atoms with Gasteiger partial charge in [-0.05, 0) is 21.0 Å². The second-order valence-corrected chi connectivity index (χ2v) is 4.80. The molecule has 0 saturated heterocycles. The van der Waals surface area contributed by atoms with Crippen molar-refractivity contribution in [1.29, 1.82) is 0 Å². The predicted molar refractivity (Wildman–Crippen MR) is 64.1 cm³/mol. The number of rotatable bonds is 5. The molecular formula is C10H17N3OS. The van der Waals surface area contributed by atoms with Gasteiger partial charge < -0.3 is 9.80 Å². The van der Waals surface area contributed by atoms with Gasteiger partial charge in [-0.15, -0.1) is 0 Å². The molecule has 0 radical (unpaired) electrons. The summed E-state index contributed by atoms with van der Waals surface area (Å²) in [6.45, 7) is 3.76. The maximum absolute atomic E-state index is 10.7. The van der Waals surface area contributed by atoms with E-state index in [9.17, 15) is 4.79 Å². The van der Waals surface area contributed by atoms with Crippen LogP contribution in [0.25, 0.3) is 0 Å². The summed E-state index contributed by atoms with van der Waals surface area (Å²) in [6, 6.07) is 0. The van der Waals surface area contributed by atoms with Crippen molar-refractivity contribution in [3.63, 3.8) is 0 Å². The molecule has 0 atom stereocenters. The highest BCUT2D eigenvalue weighted by molar-refractivity contribution is 7.17. The van der Waals surface area contributed by atoms with Crippen LogP contribution in [0.4, 0.5) is 5.13 Å². The number of carbonyl (C=O) groups excluding carboxylic acids is 1. The Morgan fingerprint density at radius 2 is 2.00 bits per heavy atom. The van der Waals surface area contributed by atoms with E-state index in [1.165, 1.54) is 11.3 Å². The van der Waals surface area contributed by atoms with Gasteiger partial charge in [0.25, 0.3) is 0 Å². The van der Waals surface area contributed by atoms with Crippen molar-refractivity contribution >= 4 is 22.8 Å². The van der Waals surface area contributed by atoms with Crippen molar-refractivity contribution in [2.45, 2.75) is 6.92 Å². The molecule has 0 saturated carbocycles. The van der Waals surface area contributed by atoms with E-state index in [1.807, 2.05) is 28.1 Å². The molecule has 1 aromatic heterocycles. The highest BCUT2D eigenvalue weighted by atomic mass is 32.1. The molecule has 0 fully saturated rings. The number of nitrogens with zero attached hydrogens (tertiary/aromatic N) is 3. The molecule has 0 aliphatic rings. The zero-order valence-electron chi connectivity index (χ0n) is 9.65. The molecule has 5 heteroatoms. The average molecular weight is 227 g/mol. The third-order valence-electron chi connectivity index (χ3n) is 2.14. The summed E-state index contributed by atoms with van der Waals surface area (Å²) in [5, 5.41) is 0.913. The zero-order valence-corrected chi connectivity index (χ0v) is 10.5. The smallest absolute Gasteiger partial charge is 0.185 e. The van der Waals surface area contributed by atoms with Crippen LogP contribution in [0.2, 0.25) is 0 Å². The Morgan fingerprint density at radius 3 is 2.47 bits per heavy atom. The lowest BCUT2D eigenvalue weighted by Gasteiger charge is -2.18. The van der Waals surface area contributed by atoms with Crippen LogP contribution in [0.5, 0.6) is 0 Å². The highest BCUT2D eigenvalue weighted by Gasteiger charge is 2.10. The first kappa shape index (κ1) is 12.1. The van der Waals surface area contributed by atoms with Crippen LogP contribution in [-0.2, 0) is 0 Å². The number of hydrogen-bond acceptors (Lipinski definition) is 5. The van der Waals surface area contributed by atoms with Crippen LogP contribution < -0.4 is 4.90 Å². The van der Waals surface area contributed by atoms with Gasteiger partial charge in [-0.1, -0.05) is 11.3 Å². The first-order valence-electron chi connectivity index (χ1n) is 4.83. The van der Waals surface area contributed by atoms with E-state index in [4.69, 9.17) is 0 Å². The van der Waals surface area contributed by atoms with Crippen molar-refractivity contribution < 1.29 is 4.79 Å². The molecule has 0 aliphatic carbocycles. The molecule has 0 aromatic carbocycles. The van der Waals surface area contributed by atoms with E-state index in [0.29, 0.717) is 0 Å². The summed E-state index contributed by atoms with van der Waals surface area (Å²) >= 11 is 1.45. The van der Waals surface area contributed by atoms with Gasteiger partial charge in [0, 0.05) is 20.1 Å². The Morgan fingerprint density at radius 1 is 1.33 bits per heavy atom. The molecule has 1 rings (SSSR count). The molecule has 0 bridgehead atoms. The number of carbonyl (C=O) groups is 1. The van der Waals surface area contributed by atoms with Crippen LogP contribution in [0.3, 0.4) is 0 Å². The molecule has 15 heavy (non-hydrogen) atoms. The Kier molecular flexibility index (Phi) is 4.23. The van der Waals surface area contributed by atoms with Crippen LogP contribution >= 0.6 is 11.3 Å². The minimum Gasteiger partial charge on any atom is -0.350 e. The summed E-state index contributed by atoms with van der Waals surface area (Å²) in [7, 11) is 6.08. The number of hydrogen-bond donors (Lipinski definition) is 0. The molecule has 84 valence electrons. The minimum absolute atomic E-state index is 0.724. The largest absolute Gasteiger partial charge is 0.350 e. The fourth-order valence-electron chi connectivity index (χ4n) is 1.11. The third kappa shape index (κ3) is 3.28. The van der Waals surface area contributed by atoms with Gasteiger partial charge in [0.15, 0.2) is 11.4 Å². The number of anilines is 1. The monoisotopic (exact) mass is 227 g/mol. The van der Waals surface area contributed by atoms with Crippen LogP contribution in [0, 0.1) is 6.92 Å². The molecule has 4 nitrogen and oxygen atoms in total. The van der Waals surface area contributed by atoms with Crippen molar-refractivity contribution in [3.05, 3.63) is 10.6 Å². The normalized spacial score (nSPS) is 10.7. The summed E-state index contributed by atoms with van der Waals surface area (Å²) in [6.07, 6.45) is 0.871. The molecule has 1 heterocycles. The van der Waals surface area contributed by atoms with Gasteiger partial charge in [0.05, 0.1) is 10.6 Å². The molecule has 0 amide bonds. The summed E-state index contributed by atoms with van der Waals surface area (Å²) in [5.74, 6) is 0. The number of likely N-dealkylation sites (N-methyl/N-ethyl adjacent to an activating group) is 2. The molecule has 0 spiro atoms. The van der Waals surface area contributed by atoms with Crippen molar-refractivity contribution in [1.82, 2.24) is 9.88 Å². The topological polar surface area (TPSA) is 36.4 Å².